The molecule has 0 saturated carbocycles. The Morgan fingerprint density at radius 3 is 2.44 bits per heavy atom. The topological polar surface area (TPSA) is 43.3 Å². The zero-order valence-electron chi connectivity index (χ0n) is 15.8. The third-order valence-electron chi connectivity index (χ3n) is 4.21. The summed E-state index contributed by atoms with van der Waals surface area (Å²) in [5, 5.41) is 0. The van der Waals surface area contributed by atoms with Crippen LogP contribution in [0.4, 0.5) is 11.4 Å². The van der Waals surface area contributed by atoms with E-state index >= 15 is 0 Å². The molecule has 144 valence electrons. The summed E-state index contributed by atoms with van der Waals surface area (Å²) in [4.78, 5) is 6.92. The lowest BCUT2D eigenvalue weighted by Gasteiger charge is -2.28. The van der Waals surface area contributed by atoms with Gasteiger partial charge in [-0.05, 0) is 71.7 Å². The summed E-state index contributed by atoms with van der Waals surface area (Å²) >= 11 is 3.57. The van der Waals surface area contributed by atoms with Crippen molar-refractivity contribution < 1.29 is 14.2 Å². The maximum absolute atomic E-state index is 5.71. The highest BCUT2D eigenvalue weighted by Gasteiger charge is 2.12. The third kappa shape index (κ3) is 5.23. The summed E-state index contributed by atoms with van der Waals surface area (Å²) in [5.74, 6) is 1.45. The molecule has 0 radical (unpaired) electrons. The predicted octanol–water partition coefficient (Wildman–Crippen LogP) is 4.83. The molecule has 5 nitrogen and oxygen atoms in total. The zero-order chi connectivity index (χ0) is 19.1. The lowest BCUT2D eigenvalue weighted by molar-refractivity contribution is 0.122. The molecule has 1 aliphatic heterocycles. The lowest BCUT2D eigenvalue weighted by atomic mass is 10.2. The van der Waals surface area contributed by atoms with Crippen molar-refractivity contribution in [3.8, 4) is 11.5 Å². The standard InChI is InChI=1S/C21H25BrN2O3/c1-3-26-20-14-16(13-19(22)21(20)27-4-2)15-23-17-5-7-18(8-6-17)24-9-11-25-12-10-24/h5-8,13-15H,3-4,9-12H2,1-2H3. The van der Waals surface area contributed by atoms with Gasteiger partial charge in [-0.25, -0.2) is 0 Å². The molecular formula is C21H25BrN2O3. The Labute approximate surface area is 169 Å². The van der Waals surface area contributed by atoms with Gasteiger partial charge in [0.05, 0.1) is 36.6 Å². The Bertz CT molecular complexity index is 772. The fourth-order valence-corrected chi connectivity index (χ4v) is 3.50. The molecule has 1 heterocycles. The third-order valence-corrected chi connectivity index (χ3v) is 4.80. The monoisotopic (exact) mass is 432 g/mol. The van der Waals surface area contributed by atoms with Crippen LogP contribution in [0.15, 0.2) is 45.9 Å². The van der Waals surface area contributed by atoms with Crippen molar-refractivity contribution in [3.63, 3.8) is 0 Å². The van der Waals surface area contributed by atoms with E-state index in [-0.39, 0.29) is 0 Å². The minimum atomic E-state index is 0.579. The average molecular weight is 433 g/mol. The van der Waals surface area contributed by atoms with E-state index in [2.05, 4.69) is 38.0 Å². The largest absolute Gasteiger partial charge is 0.490 e. The molecule has 6 heteroatoms. The molecule has 0 amide bonds. The zero-order valence-corrected chi connectivity index (χ0v) is 17.4. The van der Waals surface area contributed by atoms with Crippen molar-refractivity contribution in [2.75, 3.05) is 44.4 Å². The molecule has 0 atom stereocenters. The smallest absolute Gasteiger partial charge is 0.175 e. The quantitative estimate of drug-likeness (QED) is 0.587. The van der Waals surface area contributed by atoms with E-state index in [0.29, 0.717) is 13.2 Å². The predicted molar refractivity (Wildman–Crippen MR) is 113 cm³/mol. The van der Waals surface area contributed by atoms with Crippen molar-refractivity contribution >= 4 is 33.5 Å². The van der Waals surface area contributed by atoms with Gasteiger partial charge in [0.1, 0.15) is 0 Å². The second kappa shape index (κ2) is 9.76. The van der Waals surface area contributed by atoms with Crippen LogP contribution in [0.5, 0.6) is 11.5 Å². The van der Waals surface area contributed by atoms with Crippen LogP contribution < -0.4 is 14.4 Å². The number of halogens is 1. The van der Waals surface area contributed by atoms with Crippen molar-refractivity contribution in [1.82, 2.24) is 0 Å². The molecule has 2 aromatic rings. The number of aliphatic imine (C=N–C) groups is 1. The van der Waals surface area contributed by atoms with E-state index in [1.54, 1.807) is 0 Å². The average Bonchev–Trinajstić information content (AvgIpc) is 2.70. The van der Waals surface area contributed by atoms with Gasteiger partial charge in [-0.1, -0.05) is 0 Å². The van der Waals surface area contributed by atoms with Crippen LogP contribution in [-0.2, 0) is 4.74 Å². The lowest BCUT2D eigenvalue weighted by Crippen LogP contribution is -2.36. The van der Waals surface area contributed by atoms with Crippen LogP contribution in [0.25, 0.3) is 0 Å². The SMILES string of the molecule is CCOc1cc(C=Nc2ccc(N3CCOCC3)cc2)cc(Br)c1OCC. The summed E-state index contributed by atoms with van der Waals surface area (Å²) in [6.45, 7) is 8.52. The van der Waals surface area contributed by atoms with Crippen molar-refractivity contribution in [2.45, 2.75) is 13.8 Å². The first kappa shape index (κ1) is 19.7. The molecule has 2 aromatic carbocycles. The molecule has 1 aliphatic rings. The van der Waals surface area contributed by atoms with Gasteiger partial charge >= 0.3 is 0 Å². The Morgan fingerprint density at radius 1 is 1.07 bits per heavy atom. The van der Waals surface area contributed by atoms with E-state index in [4.69, 9.17) is 14.2 Å². The number of rotatable bonds is 7. The molecular weight excluding hydrogens is 408 g/mol. The van der Waals surface area contributed by atoms with Gasteiger partial charge in [0.2, 0.25) is 0 Å². The second-order valence-electron chi connectivity index (χ2n) is 6.07. The number of nitrogens with zero attached hydrogens (tertiary/aromatic N) is 2. The Kier molecular flexibility index (Phi) is 7.12. The van der Waals surface area contributed by atoms with Crippen LogP contribution >= 0.6 is 15.9 Å². The van der Waals surface area contributed by atoms with Gasteiger partial charge < -0.3 is 19.1 Å². The van der Waals surface area contributed by atoms with Gasteiger partial charge in [-0.2, -0.15) is 0 Å². The maximum Gasteiger partial charge on any atom is 0.175 e. The van der Waals surface area contributed by atoms with Gasteiger partial charge in [0, 0.05) is 25.0 Å². The number of benzene rings is 2. The Hall–Kier alpha value is -2.05. The molecule has 0 aromatic heterocycles. The van der Waals surface area contributed by atoms with Crippen molar-refractivity contribution in [2.24, 2.45) is 4.99 Å². The molecule has 1 saturated heterocycles. The van der Waals surface area contributed by atoms with Crippen LogP contribution in [-0.4, -0.2) is 45.7 Å². The van der Waals surface area contributed by atoms with Crippen molar-refractivity contribution in [1.29, 1.82) is 0 Å². The minimum absolute atomic E-state index is 0.579. The Balaban J connectivity index is 1.74. The van der Waals surface area contributed by atoms with Gasteiger partial charge in [-0.3, -0.25) is 4.99 Å². The molecule has 0 aliphatic carbocycles. The van der Waals surface area contributed by atoms with Gasteiger partial charge in [-0.15, -0.1) is 0 Å². The van der Waals surface area contributed by atoms with Crippen LogP contribution in [0.1, 0.15) is 19.4 Å². The van der Waals surface area contributed by atoms with E-state index < -0.39 is 0 Å². The van der Waals surface area contributed by atoms with Crippen LogP contribution in [0.2, 0.25) is 0 Å². The number of hydrogen-bond donors (Lipinski definition) is 0. The van der Waals surface area contributed by atoms with Gasteiger partial charge in [0.15, 0.2) is 11.5 Å². The molecule has 0 spiro atoms. The fourth-order valence-electron chi connectivity index (χ4n) is 2.93. The number of morpholine rings is 1. The first-order chi connectivity index (χ1) is 13.2. The fraction of sp³-hybridized carbons (Fsp3) is 0.381. The molecule has 1 fully saturated rings. The number of anilines is 1. The first-order valence-corrected chi connectivity index (χ1v) is 10.1. The molecule has 0 unspecified atom stereocenters. The van der Waals surface area contributed by atoms with E-state index in [0.717, 1.165) is 53.5 Å². The van der Waals surface area contributed by atoms with Gasteiger partial charge in [0.25, 0.3) is 0 Å². The number of hydrogen-bond acceptors (Lipinski definition) is 5. The summed E-state index contributed by atoms with van der Waals surface area (Å²) in [6.07, 6.45) is 1.84. The highest BCUT2D eigenvalue weighted by atomic mass is 79.9. The van der Waals surface area contributed by atoms with E-state index in [1.807, 2.05) is 44.3 Å². The second-order valence-corrected chi connectivity index (χ2v) is 6.92. The minimum Gasteiger partial charge on any atom is -0.490 e. The summed E-state index contributed by atoms with van der Waals surface area (Å²) in [7, 11) is 0. The summed E-state index contributed by atoms with van der Waals surface area (Å²) in [5.41, 5.74) is 3.07. The summed E-state index contributed by atoms with van der Waals surface area (Å²) in [6, 6.07) is 12.2. The highest BCUT2D eigenvalue weighted by Crippen LogP contribution is 2.36. The molecule has 0 N–H and O–H groups in total. The highest BCUT2D eigenvalue weighted by molar-refractivity contribution is 9.10. The van der Waals surface area contributed by atoms with E-state index in [9.17, 15) is 0 Å². The Morgan fingerprint density at radius 2 is 1.78 bits per heavy atom. The first-order valence-electron chi connectivity index (χ1n) is 9.27. The molecule has 0 bridgehead atoms. The summed E-state index contributed by atoms with van der Waals surface area (Å²) < 4.78 is 17.7. The maximum atomic E-state index is 5.71. The molecule has 3 rings (SSSR count). The van der Waals surface area contributed by atoms with Crippen LogP contribution in [0.3, 0.4) is 0 Å². The van der Waals surface area contributed by atoms with Crippen LogP contribution in [0, 0.1) is 0 Å². The van der Waals surface area contributed by atoms with E-state index in [1.165, 1.54) is 5.69 Å². The van der Waals surface area contributed by atoms with Crippen molar-refractivity contribution in [3.05, 3.63) is 46.4 Å². The normalized spacial score (nSPS) is 14.6. The molecule has 27 heavy (non-hydrogen) atoms. The number of ether oxygens (including phenoxy) is 3.